The number of aromatic nitrogens is 2. The molecule has 0 spiro atoms. The molecule has 2 atom stereocenters. The zero-order valence-electron chi connectivity index (χ0n) is 14.9. The number of fused-ring (bicyclic) bond motifs is 1. The zero-order chi connectivity index (χ0) is 16.6. The molecule has 2 aromatic rings. The first-order chi connectivity index (χ1) is 11.7. The topological polar surface area (TPSA) is 24.3 Å². The molecule has 2 saturated heterocycles. The Hall–Kier alpha value is -1.65. The number of likely N-dealkylation sites (N-methyl/N-ethyl adjacent to an activating group) is 1. The normalized spacial score (nSPS) is 28.2. The number of hydrogen-bond donors (Lipinski definition) is 0. The van der Waals surface area contributed by atoms with E-state index in [-0.39, 0.29) is 0 Å². The first kappa shape index (κ1) is 15.9. The molecular formula is C20H28N4. The van der Waals surface area contributed by atoms with Crippen molar-refractivity contribution in [3.63, 3.8) is 0 Å². The summed E-state index contributed by atoms with van der Waals surface area (Å²) in [4.78, 5) is 5.27. The second-order valence-corrected chi connectivity index (χ2v) is 7.55. The van der Waals surface area contributed by atoms with Crippen molar-refractivity contribution in [2.75, 3.05) is 32.7 Å². The number of piperidine rings is 1. The highest BCUT2D eigenvalue weighted by molar-refractivity contribution is 5.30. The summed E-state index contributed by atoms with van der Waals surface area (Å²) in [7, 11) is 2.00. The van der Waals surface area contributed by atoms with Crippen LogP contribution in [-0.4, -0.2) is 52.3 Å². The molecule has 0 saturated carbocycles. The van der Waals surface area contributed by atoms with Crippen molar-refractivity contribution in [1.82, 2.24) is 19.6 Å². The third-order valence-corrected chi connectivity index (χ3v) is 6.08. The van der Waals surface area contributed by atoms with Crippen LogP contribution < -0.4 is 0 Å². The van der Waals surface area contributed by atoms with Crippen LogP contribution in [0.1, 0.15) is 24.5 Å². The first-order valence-electron chi connectivity index (χ1n) is 9.17. The van der Waals surface area contributed by atoms with Gasteiger partial charge in [0.15, 0.2) is 0 Å². The lowest BCUT2D eigenvalue weighted by Gasteiger charge is -2.44. The van der Waals surface area contributed by atoms with Crippen LogP contribution >= 0.6 is 0 Å². The molecule has 0 aliphatic carbocycles. The number of benzene rings is 1. The van der Waals surface area contributed by atoms with Gasteiger partial charge in [-0.25, -0.2) is 0 Å². The van der Waals surface area contributed by atoms with Gasteiger partial charge in [-0.15, -0.1) is 0 Å². The highest BCUT2D eigenvalue weighted by Crippen LogP contribution is 2.45. The molecule has 0 bridgehead atoms. The number of nitrogens with zero attached hydrogens (tertiary/aromatic N) is 4. The lowest BCUT2D eigenvalue weighted by atomic mass is 9.68. The Morgan fingerprint density at radius 2 is 1.96 bits per heavy atom. The van der Waals surface area contributed by atoms with Gasteiger partial charge in [-0.3, -0.25) is 9.58 Å². The Morgan fingerprint density at radius 1 is 1.17 bits per heavy atom. The molecule has 0 N–H and O–H groups in total. The van der Waals surface area contributed by atoms with E-state index in [9.17, 15) is 0 Å². The molecule has 3 heterocycles. The van der Waals surface area contributed by atoms with E-state index in [1.54, 1.807) is 5.56 Å². The fourth-order valence-electron chi connectivity index (χ4n) is 4.79. The van der Waals surface area contributed by atoms with Gasteiger partial charge in [-0.05, 0) is 31.0 Å². The number of aryl methyl sites for hydroxylation is 1. The molecule has 0 amide bonds. The summed E-state index contributed by atoms with van der Waals surface area (Å²) in [6.07, 6.45) is 5.41. The van der Waals surface area contributed by atoms with Gasteiger partial charge < -0.3 is 4.90 Å². The van der Waals surface area contributed by atoms with Gasteiger partial charge in [0, 0.05) is 50.4 Å². The van der Waals surface area contributed by atoms with E-state index in [4.69, 9.17) is 0 Å². The minimum absolute atomic E-state index is 0.350. The summed E-state index contributed by atoms with van der Waals surface area (Å²) in [6.45, 7) is 9.31. The SMILES string of the molecule is CCN1CC2CN(Cc3cnn(C)c3)CCC2(c2ccccc2)C1. The van der Waals surface area contributed by atoms with Crippen LogP contribution in [0, 0.1) is 5.92 Å². The summed E-state index contributed by atoms with van der Waals surface area (Å²) in [6, 6.07) is 11.3. The fourth-order valence-corrected chi connectivity index (χ4v) is 4.79. The Bertz CT molecular complexity index is 680. The Kier molecular flexibility index (Phi) is 4.19. The van der Waals surface area contributed by atoms with Crippen LogP contribution in [0.5, 0.6) is 0 Å². The maximum Gasteiger partial charge on any atom is 0.0534 e. The van der Waals surface area contributed by atoms with Gasteiger partial charge >= 0.3 is 0 Å². The molecule has 0 radical (unpaired) electrons. The molecule has 2 aliphatic heterocycles. The van der Waals surface area contributed by atoms with E-state index < -0.39 is 0 Å². The summed E-state index contributed by atoms with van der Waals surface area (Å²) >= 11 is 0. The van der Waals surface area contributed by atoms with Crippen molar-refractivity contribution in [2.45, 2.75) is 25.3 Å². The first-order valence-corrected chi connectivity index (χ1v) is 9.17. The third-order valence-electron chi connectivity index (χ3n) is 6.08. The van der Waals surface area contributed by atoms with Crippen LogP contribution in [0.3, 0.4) is 0 Å². The molecule has 2 fully saturated rings. The van der Waals surface area contributed by atoms with E-state index in [1.165, 1.54) is 38.2 Å². The highest BCUT2D eigenvalue weighted by atomic mass is 15.3. The lowest BCUT2D eigenvalue weighted by molar-refractivity contribution is 0.117. The Labute approximate surface area is 145 Å². The average molecular weight is 324 g/mol. The van der Waals surface area contributed by atoms with Gasteiger partial charge in [0.25, 0.3) is 0 Å². The van der Waals surface area contributed by atoms with Gasteiger partial charge in [-0.2, -0.15) is 5.10 Å². The number of hydrogen-bond acceptors (Lipinski definition) is 3. The Balaban J connectivity index is 1.55. The molecule has 1 aromatic heterocycles. The quantitative estimate of drug-likeness (QED) is 0.864. The van der Waals surface area contributed by atoms with Crippen molar-refractivity contribution in [3.8, 4) is 0 Å². The van der Waals surface area contributed by atoms with Crippen LogP contribution in [0.25, 0.3) is 0 Å². The predicted molar refractivity (Wildman–Crippen MR) is 96.8 cm³/mol. The van der Waals surface area contributed by atoms with Gasteiger partial charge in [0.05, 0.1) is 6.20 Å². The van der Waals surface area contributed by atoms with Crippen LogP contribution in [-0.2, 0) is 19.0 Å². The van der Waals surface area contributed by atoms with Crippen LogP contribution in [0.2, 0.25) is 0 Å². The standard InChI is InChI=1S/C20H28N4/c1-3-23-14-19-15-24(13-17-11-21-22(2)12-17)10-9-20(19,16-23)18-7-5-4-6-8-18/h4-8,11-12,19H,3,9-10,13-16H2,1-2H3. The van der Waals surface area contributed by atoms with E-state index in [0.29, 0.717) is 5.41 Å². The Morgan fingerprint density at radius 3 is 2.67 bits per heavy atom. The highest BCUT2D eigenvalue weighted by Gasteiger charge is 2.49. The molecule has 4 rings (SSSR count). The van der Waals surface area contributed by atoms with Crippen molar-refractivity contribution in [3.05, 3.63) is 53.9 Å². The number of likely N-dealkylation sites (tertiary alicyclic amines) is 2. The smallest absolute Gasteiger partial charge is 0.0534 e. The molecule has 128 valence electrons. The van der Waals surface area contributed by atoms with Crippen LogP contribution in [0.4, 0.5) is 0 Å². The van der Waals surface area contributed by atoms with Crippen molar-refractivity contribution < 1.29 is 0 Å². The van der Waals surface area contributed by atoms with E-state index in [1.807, 2.05) is 17.9 Å². The third kappa shape index (κ3) is 2.78. The maximum atomic E-state index is 4.32. The predicted octanol–water partition coefficient (Wildman–Crippen LogP) is 2.52. The molecule has 4 heteroatoms. The fraction of sp³-hybridized carbons (Fsp3) is 0.550. The molecule has 24 heavy (non-hydrogen) atoms. The summed E-state index contributed by atoms with van der Waals surface area (Å²) in [5, 5.41) is 4.32. The van der Waals surface area contributed by atoms with Crippen molar-refractivity contribution >= 4 is 0 Å². The minimum Gasteiger partial charge on any atom is -0.302 e. The summed E-state index contributed by atoms with van der Waals surface area (Å²) < 4.78 is 1.90. The summed E-state index contributed by atoms with van der Waals surface area (Å²) in [5.41, 5.74) is 3.23. The maximum absolute atomic E-state index is 4.32. The number of rotatable bonds is 4. The molecule has 1 aromatic carbocycles. The molecule has 2 aliphatic rings. The van der Waals surface area contributed by atoms with Gasteiger partial charge in [-0.1, -0.05) is 37.3 Å². The average Bonchev–Trinajstić information content (AvgIpc) is 3.19. The van der Waals surface area contributed by atoms with Crippen molar-refractivity contribution in [2.24, 2.45) is 13.0 Å². The largest absolute Gasteiger partial charge is 0.302 e. The van der Waals surface area contributed by atoms with Gasteiger partial charge in [0.1, 0.15) is 0 Å². The van der Waals surface area contributed by atoms with E-state index in [0.717, 1.165) is 19.0 Å². The van der Waals surface area contributed by atoms with E-state index in [2.05, 4.69) is 58.4 Å². The molecular weight excluding hydrogens is 296 g/mol. The van der Waals surface area contributed by atoms with Gasteiger partial charge in [0.2, 0.25) is 0 Å². The second kappa shape index (κ2) is 6.34. The molecule has 2 unspecified atom stereocenters. The molecule has 4 nitrogen and oxygen atoms in total. The van der Waals surface area contributed by atoms with Crippen LogP contribution in [0.15, 0.2) is 42.7 Å². The zero-order valence-corrected chi connectivity index (χ0v) is 14.9. The van der Waals surface area contributed by atoms with E-state index >= 15 is 0 Å². The van der Waals surface area contributed by atoms with Crippen molar-refractivity contribution in [1.29, 1.82) is 0 Å². The lowest BCUT2D eigenvalue weighted by Crippen LogP contribution is -2.49. The summed E-state index contributed by atoms with van der Waals surface area (Å²) in [5.74, 6) is 0.727. The second-order valence-electron chi connectivity index (χ2n) is 7.55. The minimum atomic E-state index is 0.350. The monoisotopic (exact) mass is 324 g/mol.